The Labute approximate surface area is 117 Å². The second-order valence-electron chi connectivity index (χ2n) is 2.91. The number of hydrogen-bond acceptors (Lipinski definition) is 3. The summed E-state index contributed by atoms with van der Waals surface area (Å²) in [5, 5.41) is -5.68. The molecule has 0 N–H and O–H groups in total. The fourth-order valence-corrected chi connectivity index (χ4v) is 1.40. The maximum Gasteiger partial charge on any atom is 1.00 e. The normalized spacial score (nSPS) is 13.0. The third-order valence-electron chi connectivity index (χ3n) is 1.82. The van der Waals surface area contributed by atoms with Crippen molar-refractivity contribution in [1.82, 2.24) is 0 Å². The van der Waals surface area contributed by atoms with Gasteiger partial charge in [0.25, 0.3) is 0 Å². The van der Waals surface area contributed by atoms with Crippen LogP contribution in [0.15, 0.2) is 30.3 Å². The molecule has 0 radical (unpaired) electrons. The van der Waals surface area contributed by atoms with Crippen LogP contribution in [0.1, 0.15) is 5.56 Å². The third kappa shape index (κ3) is 3.00. The van der Waals surface area contributed by atoms with E-state index in [1.807, 2.05) is 0 Å². The quantitative estimate of drug-likeness (QED) is 0.402. The molecule has 0 fully saturated rings. The maximum atomic E-state index is 13.1. The summed E-state index contributed by atoms with van der Waals surface area (Å²) < 4.78 is 82.0. The molecule has 90 valence electrons. The Balaban J connectivity index is 0.00000256. The molecular weight excluding hydrogens is 275 g/mol. The van der Waals surface area contributed by atoms with Crippen molar-refractivity contribution in [3.63, 3.8) is 0 Å². The average molecular weight is 280 g/mol. The molecule has 3 nitrogen and oxygen atoms in total. The van der Waals surface area contributed by atoms with Crippen LogP contribution >= 0.6 is 0 Å². The van der Waals surface area contributed by atoms with E-state index in [9.17, 15) is 30.5 Å². The zero-order valence-corrected chi connectivity index (χ0v) is 11.3. The van der Waals surface area contributed by atoms with Gasteiger partial charge in [0.15, 0.2) is 10.1 Å². The van der Waals surface area contributed by atoms with Crippen LogP contribution in [0.4, 0.5) is 17.6 Å². The van der Waals surface area contributed by atoms with Gasteiger partial charge in [0.1, 0.15) is 0 Å². The molecule has 0 unspecified atom stereocenters. The fourth-order valence-electron chi connectivity index (χ4n) is 0.972. The van der Waals surface area contributed by atoms with Gasteiger partial charge in [0.05, 0.1) is 0 Å². The molecule has 17 heavy (non-hydrogen) atoms. The van der Waals surface area contributed by atoms with Crippen LogP contribution in [0.25, 0.3) is 0 Å². The van der Waals surface area contributed by atoms with Crippen LogP contribution < -0.4 is 29.6 Å². The number of rotatable bonds is 3. The zero-order chi connectivity index (χ0) is 12.6. The van der Waals surface area contributed by atoms with Crippen LogP contribution in [0, 0.1) is 0 Å². The molecule has 0 heterocycles. The van der Waals surface area contributed by atoms with Gasteiger partial charge < -0.3 is 4.55 Å². The van der Waals surface area contributed by atoms with E-state index in [1.54, 1.807) is 0 Å². The largest absolute Gasteiger partial charge is 1.00 e. The number of alkyl halides is 4. The second-order valence-corrected chi connectivity index (χ2v) is 4.33. The summed E-state index contributed by atoms with van der Waals surface area (Å²) in [5.41, 5.74) is -1.24. The Morgan fingerprint density at radius 1 is 1.00 bits per heavy atom. The summed E-state index contributed by atoms with van der Waals surface area (Å²) in [6, 6.07) is 4.55. The van der Waals surface area contributed by atoms with Gasteiger partial charge in [-0.2, -0.15) is 17.6 Å². The Morgan fingerprint density at radius 2 is 1.41 bits per heavy atom. The summed E-state index contributed by atoms with van der Waals surface area (Å²) in [6.07, 6.45) is 0. The summed E-state index contributed by atoms with van der Waals surface area (Å²) in [5.74, 6) is -5.06. The van der Waals surface area contributed by atoms with Crippen LogP contribution in [0.5, 0.6) is 0 Å². The van der Waals surface area contributed by atoms with E-state index in [0.717, 1.165) is 12.1 Å². The molecule has 1 aromatic rings. The first-order valence-corrected chi connectivity index (χ1v) is 5.28. The second kappa shape index (κ2) is 5.23. The van der Waals surface area contributed by atoms with E-state index in [4.69, 9.17) is 0 Å². The summed E-state index contributed by atoms with van der Waals surface area (Å²) in [4.78, 5) is 0. The van der Waals surface area contributed by atoms with E-state index in [-0.39, 0.29) is 29.6 Å². The first-order chi connectivity index (χ1) is 7.11. The molecule has 0 atom stereocenters. The average Bonchev–Trinajstić information content (AvgIpc) is 2.17. The van der Waals surface area contributed by atoms with Crippen molar-refractivity contribution in [2.45, 2.75) is 11.2 Å². The molecule has 1 rings (SSSR count). The molecule has 0 saturated heterocycles. The van der Waals surface area contributed by atoms with Crippen molar-refractivity contribution in [2.75, 3.05) is 0 Å². The predicted octanol–water partition coefficient (Wildman–Crippen LogP) is -1.08. The van der Waals surface area contributed by atoms with Crippen LogP contribution in [-0.2, 0) is 16.0 Å². The molecule has 0 aliphatic heterocycles. The zero-order valence-electron chi connectivity index (χ0n) is 8.53. The summed E-state index contributed by atoms with van der Waals surface area (Å²) in [6.45, 7) is 0. The minimum atomic E-state index is -6.44. The number of hydrogen-bond donors (Lipinski definition) is 0. The van der Waals surface area contributed by atoms with Crippen molar-refractivity contribution in [3.8, 4) is 0 Å². The molecule has 0 bridgehead atoms. The predicted molar refractivity (Wildman–Crippen MR) is 45.0 cm³/mol. The first-order valence-electron chi connectivity index (χ1n) is 3.87. The van der Waals surface area contributed by atoms with Crippen molar-refractivity contribution in [2.24, 2.45) is 0 Å². The van der Waals surface area contributed by atoms with Crippen LogP contribution in [0.3, 0.4) is 0 Å². The Kier molecular flexibility index (Phi) is 5.18. The number of benzene rings is 1. The van der Waals surface area contributed by atoms with E-state index in [0.29, 0.717) is 12.1 Å². The number of halogens is 4. The van der Waals surface area contributed by atoms with Gasteiger partial charge in [-0.05, 0) is 0 Å². The standard InChI is InChI=1S/C8H6F4O3S.Na/c9-7(10,6-4-2-1-3-5-6)8(11,12)16(13,14)15;/h1-5H,(H,13,14,15);/q;+1/p-1. The van der Waals surface area contributed by atoms with Gasteiger partial charge in [-0.15, -0.1) is 0 Å². The molecular formula is C8H5F4NaO3S. The molecule has 0 amide bonds. The van der Waals surface area contributed by atoms with Crippen molar-refractivity contribution < 1.29 is 60.1 Å². The SMILES string of the molecule is O=S(=O)([O-])C(F)(F)C(F)(F)c1ccccc1.[Na+]. The Morgan fingerprint density at radius 3 is 1.76 bits per heavy atom. The fraction of sp³-hybridized carbons (Fsp3) is 0.250. The topological polar surface area (TPSA) is 57.2 Å². The van der Waals surface area contributed by atoms with Crippen LogP contribution in [0.2, 0.25) is 0 Å². The summed E-state index contributed by atoms with van der Waals surface area (Å²) in [7, 11) is -6.44. The van der Waals surface area contributed by atoms with E-state index < -0.39 is 26.9 Å². The van der Waals surface area contributed by atoms with E-state index in [1.165, 1.54) is 6.07 Å². The maximum absolute atomic E-state index is 13.1. The van der Waals surface area contributed by atoms with Crippen LogP contribution in [-0.4, -0.2) is 18.2 Å². The van der Waals surface area contributed by atoms with Gasteiger partial charge in [0.2, 0.25) is 0 Å². The van der Waals surface area contributed by atoms with E-state index in [2.05, 4.69) is 0 Å². The molecule has 9 heteroatoms. The Hall–Kier alpha value is -0.150. The van der Waals surface area contributed by atoms with Crippen molar-refractivity contribution in [1.29, 1.82) is 0 Å². The molecule has 0 aliphatic rings. The molecule has 0 aromatic heterocycles. The van der Waals surface area contributed by atoms with Crippen molar-refractivity contribution >= 4 is 10.1 Å². The summed E-state index contributed by atoms with van der Waals surface area (Å²) >= 11 is 0. The van der Waals surface area contributed by atoms with Gasteiger partial charge >= 0.3 is 40.7 Å². The van der Waals surface area contributed by atoms with Crippen molar-refractivity contribution in [3.05, 3.63) is 35.9 Å². The molecule has 0 saturated carbocycles. The van der Waals surface area contributed by atoms with Gasteiger partial charge in [-0.1, -0.05) is 30.3 Å². The molecule has 0 aliphatic carbocycles. The first kappa shape index (κ1) is 16.9. The van der Waals surface area contributed by atoms with Gasteiger partial charge in [-0.25, -0.2) is 8.42 Å². The molecule has 0 spiro atoms. The molecule has 1 aromatic carbocycles. The minimum absolute atomic E-state index is 0. The van der Waals surface area contributed by atoms with Gasteiger partial charge in [-0.3, -0.25) is 0 Å². The smallest absolute Gasteiger partial charge is 0.743 e. The van der Waals surface area contributed by atoms with E-state index >= 15 is 0 Å². The third-order valence-corrected chi connectivity index (χ3v) is 2.70. The minimum Gasteiger partial charge on any atom is -0.743 e. The Bertz CT molecular complexity index is 475. The van der Waals surface area contributed by atoms with Gasteiger partial charge in [0, 0.05) is 5.56 Å². The monoisotopic (exact) mass is 280 g/mol.